The van der Waals surface area contributed by atoms with Gasteiger partial charge >= 0.3 is 19.8 Å². The van der Waals surface area contributed by atoms with Crippen LogP contribution in [0.15, 0.2) is 36.5 Å². The largest absolute Gasteiger partial charge is 0.472 e. The second kappa shape index (κ2) is 37.4. The van der Waals surface area contributed by atoms with Crippen molar-refractivity contribution in [3.63, 3.8) is 0 Å². The standard InChI is InChI=1S/C43H79O12P/c1-4-6-8-10-12-14-16-18-19-21-23-25-27-29-31-33-41(47)54-38(36-53-56(50,51)55-37(3)42(48)43(49)39(45)34-44)35-52-40(46)32-30-28-26-24-22-20-17-15-13-11-9-7-5-2/h8,10,14,16,19,21,37-39,42-45,48-49H,4-7,9,11-13,15,17-18,20,22-36H2,1-3H3,(H,50,51)/b10-8+,16-14+,21-19+. The van der Waals surface area contributed by atoms with Crippen LogP contribution in [0.3, 0.4) is 0 Å². The molecule has 0 radical (unpaired) electrons. The van der Waals surface area contributed by atoms with Gasteiger partial charge in [0.05, 0.1) is 19.3 Å². The lowest BCUT2D eigenvalue weighted by Crippen LogP contribution is -2.45. The number of hydrogen-bond acceptors (Lipinski definition) is 11. The average molecular weight is 819 g/mol. The van der Waals surface area contributed by atoms with Crippen molar-refractivity contribution >= 4 is 19.8 Å². The van der Waals surface area contributed by atoms with Crippen molar-refractivity contribution in [3.05, 3.63) is 36.5 Å². The number of carbonyl (C=O) groups is 2. The summed E-state index contributed by atoms with van der Waals surface area (Å²) in [5.74, 6) is -1.05. The quantitative estimate of drug-likeness (QED) is 0.0172. The van der Waals surface area contributed by atoms with Crippen molar-refractivity contribution in [3.8, 4) is 0 Å². The smallest absolute Gasteiger partial charge is 0.462 e. The number of phosphoric acid groups is 1. The molecule has 0 aliphatic heterocycles. The van der Waals surface area contributed by atoms with E-state index in [-0.39, 0.29) is 19.4 Å². The summed E-state index contributed by atoms with van der Waals surface area (Å²) in [6.45, 7) is 3.68. The maximum absolute atomic E-state index is 12.7. The molecule has 0 saturated carbocycles. The molecule has 5 N–H and O–H groups in total. The minimum absolute atomic E-state index is 0.109. The molecule has 13 heteroatoms. The summed E-state index contributed by atoms with van der Waals surface area (Å²) in [4.78, 5) is 35.4. The maximum atomic E-state index is 12.7. The molecule has 0 aromatic rings. The van der Waals surface area contributed by atoms with E-state index >= 15 is 0 Å². The molecule has 6 unspecified atom stereocenters. The Balaban J connectivity index is 4.71. The monoisotopic (exact) mass is 819 g/mol. The van der Waals surface area contributed by atoms with Crippen molar-refractivity contribution in [2.24, 2.45) is 0 Å². The van der Waals surface area contributed by atoms with Crippen molar-refractivity contribution in [2.75, 3.05) is 19.8 Å². The van der Waals surface area contributed by atoms with Crippen LogP contribution in [-0.4, -0.2) is 87.6 Å². The Kier molecular flexibility index (Phi) is 36.1. The number of aliphatic hydroxyl groups excluding tert-OH is 4. The highest BCUT2D eigenvalue weighted by molar-refractivity contribution is 7.47. The summed E-state index contributed by atoms with van der Waals surface area (Å²) < 4.78 is 33.4. The zero-order valence-corrected chi connectivity index (χ0v) is 35.9. The fraction of sp³-hybridized carbons (Fsp3) is 0.814. The molecule has 6 atom stereocenters. The highest BCUT2D eigenvalue weighted by atomic mass is 31.2. The lowest BCUT2D eigenvalue weighted by Gasteiger charge is -2.27. The lowest BCUT2D eigenvalue weighted by molar-refractivity contribution is -0.161. The Morgan fingerprint density at radius 3 is 1.62 bits per heavy atom. The zero-order chi connectivity index (χ0) is 41.7. The van der Waals surface area contributed by atoms with Gasteiger partial charge in [0.1, 0.15) is 24.9 Å². The lowest BCUT2D eigenvalue weighted by atomic mass is 10.0. The van der Waals surface area contributed by atoms with Crippen molar-refractivity contribution in [2.45, 2.75) is 205 Å². The number of unbranched alkanes of at least 4 members (excludes halogenated alkanes) is 17. The number of ether oxygens (including phenoxy) is 2. The van der Waals surface area contributed by atoms with E-state index in [2.05, 4.69) is 50.3 Å². The third kappa shape index (κ3) is 33.1. The molecule has 56 heavy (non-hydrogen) atoms. The predicted molar refractivity (Wildman–Crippen MR) is 222 cm³/mol. The van der Waals surface area contributed by atoms with E-state index in [0.29, 0.717) is 12.8 Å². The van der Waals surface area contributed by atoms with Gasteiger partial charge < -0.3 is 34.8 Å². The normalized spacial score (nSPS) is 15.9. The van der Waals surface area contributed by atoms with Crippen LogP contribution in [0.25, 0.3) is 0 Å². The van der Waals surface area contributed by atoms with Gasteiger partial charge in [-0.1, -0.05) is 147 Å². The second-order valence-electron chi connectivity index (χ2n) is 14.7. The van der Waals surface area contributed by atoms with E-state index in [1.165, 1.54) is 64.7 Å². The van der Waals surface area contributed by atoms with Crippen LogP contribution in [0.2, 0.25) is 0 Å². The van der Waals surface area contributed by atoms with Crippen LogP contribution < -0.4 is 0 Å². The molecule has 0 saturated heterocycles. The number of carbonyl (C=O) groups excluding carboxylic acids is 2. The maximum Gasteiger partial charge on any atom is 0.472 e. The highest BCUT2D eigenvalue weighted by Gasteiger charge is 2.35. The van der Waals surface area contributed by atoms with Gasteiger partial charge in [-0.05, 0) is 51.9 Å². The Bertz CT molecular complexity index is 1080. The van der Waals surface area contributed by atoms with E-state index in [1.807, 2.05) is 0 Å². The van der Waals surface area contributed by atoms with Crippen LogP contribution in [0, 0.1) is 0 Å². The summed E-state index contributed by atoms with van der Waals surface area (Å²) in [5.41, 5.74) is 0. The molecule has 0 aliphatic rings. The first-order chi connectivity index (χ1) is 27.0. The summed E-state index contributed by atoms with van der Waals surface area (Å²) in [6.07, 6.45) is 29.1. The minimum atomic E-state index is -4.88. The van der Waals surface area contributed by atoms with E-state index in [9.17, 15) is 34.4 Å². The molecule has 0 fully saturated rings. The van der Waals surface area contributed by atoms with E-state index in [0.717, 1.165) is 70.6 Å². The van der Waals surface area contributed by atoms with E-state index in [4.69, 9.17) is 23.6 Å². The van der Waals surface area contributed by atoms with Gasteiger partial charge in [-0.15, -0.1) is 0 Å². The fourth-order valence-electron chi connectivity index (χ4n) is 5.83. The van der Waals surface area contributed by atoms with E-state index in [1.54, 1.807) is 0 Å². The number of esters is 2. The SMILES string of the molecule is CCC/C=C/C/C=C/C/C=C/CCCCCCC(=O)OC(COC(=O)CCCCCCCCCCCCCCC)COP(=O)(O)OC(C)C(O)C(O)C(O)CO. The molecule has 0 amide bonds. The third-order valence-corrected chi connectivity index (χ3v) is 10.4. The van der Waals surface area contributed by atoms with Gasteiger partial charge in [-0.2, -0.15) is 0 Å². The summed E-state index contributed by atoms with van der Waals surface area (Å²) in [6, 6.07) is 0. The molecule has 0 aliphatic carbocycles. The third-order valence-electron chi connectivity index (χ3n) is 9.35. The summed E-state index contributed by atoms with van der Waals surface area (Å²) in [7, 11) is -4.88. The van der Waals surface area contributed by atoms with Gasteiger partial charge in [0.2, 0.25) is 0 Å². The van der Waals surface area contributed by atoms with Crippen LogP contribution >= 0.6 is 7.82 Å². The number of aliphatic hydroxyl groups is 4. The first kappa shape index (κ1) is 54.1. The summed E-state index contributed by atoms with van der Waals surface area (Å²) >= 11 is 0. The molecule has 12 nitrogen and oxygen atoms in total. The zero-order valence-electron chi connectivity index (χ0n) is 35.0. The van der Waals surface area contributed by atoms with Gasteiger partial charge in [0.25, 0.3) is 0 Å². The number of hydrogen-bond donors (Lipinski definition) is 5. The van der Waals surface area contributed by atoms with Crippen molar-refractivity contribution < 1.29 is 58.0 Å². The van der Waals surface area contributed by atoms with E-state index < -0.39 is 63.5 Å². The van der Waals surface area contributed by atoms with Crippen LogP contribution in [0.5, 0.6) is 0 Å². The van der Waals surface area contributed by atoms with Gasteiger partial charge in [-0.3, -0.25) is 18.6 Å². The summed E-state index contributed by atoms with van der Waals surface area (Å²) in [5, 5.41) is 38.6. The fourth-order valence-corrected chi connectivity index (χ4v) is 6.79. The molecule has 0 spiro atoms. The average Bonchev–Trinajstić information content (AvgIpc) is 3.18. The molecule has 0 aromatic carbocycles. The van der Waals surface area contributed by atoms with Crippen molar-refractivity contribution in [1.82, 2.24) is 0 Å². The van der Waals surface area contributed by atoms with Gasteiger partial charge in [0, 0.05) is 12.8 Å². The molecular weight excluding hydrogens is 739 g/mol. The minimum Gasteiger partial charge on any atom is -0.462 e. The first-order valence-corrected chi connectivity index (χ1v) is 23.1. The molecule has 0 rings (SSSR count). The Labute approximate surface area is 338 Å². The van der Waals surface area contributed by atoms with Gasteiger partial charge in [0.15, 0.2) is 6.10 Å². The first-order valence-electron chi connectivity index (χ1n) is 21.6. The molecule has 0 aromatic heterocycles. The Morgan fingerprint density at radius 2 is 1.09 bits per heavy atom. The predicted octanol–water partition coefficient (Wildman–Crippen LogP) is 9.11. The van der Waals surface area contributed by atoms with Gasteiger partial charge in [-0.25, -0.2) is 4.57 Å². The van der Waals surface area contributed by atoms with Crippen LogP contribution in [0.1, 0.15) is 175 Å². The molecule has 328 valence electrons. The topological polar surface area (TPSA) is 189 Å². The molecule has 0 bridgehead atoms. The highest BCUT2D eigenvalue weighted by Crippen LogP contribution is 2.45. The number of rotatable bonds is 39. The molecular formula is C43H79O12P. The second-order valence-corrected chi connectivity index (χ2v) is 16.1. The van der Waals surface area contributed by atoms with Crippen LogP contribution in [0.4, 0.5) is 0 Å². The van der Waals surface area contributed by atoms with Crippen molar-refractivity contribution in [1.29, 1.82) is 0 Å². The Morgan fingerprint density at radius 1 is 0.607 bits per heavy atom. The Hall–Kier alpha value is -1.89. The number of allylic oxidation sites excluding steroid dienone is 6. The number of phosphoric ester groups is 1. The van der Waals surface area contributed by atoms with Crippen LogP contribution in [-0.2, 0) is 32.7 Å². The molecule has 0 heterocycles.